The predicted octanol–water partition coefficient (Wildman–Crippen LogP) is 3.74. The first kappa shape index (κ1) is 18.2. The van der Waals surface area contributed by atoms with Gasteiger partial charge in [-0.15, -0.1) is 0 Å². The van der Waals surface area contributed by atoms with Gasteiger partial charge in [0.1, 0.15) is 5.82 Å². The van der Waals surface area contributed by atoms with E-state index < -0.39 is 11.8 Å². The maximum Gasteiger partial charge on any atom is 0.253 e. The van der Waals surface area contributed by atoms with Crippen LogP contribution in [0.3, 0.4) is 0 Å². The van der Waals surface area contributed by atoms with Crippen LogP contribution in [0.15, 0.2) is 42.5 Å². The van der Waals surface area contributed by atoms with Crippen molar-refractivity contribution in [3.05, 3.63) is 69.5 Å². The van der Waals surface area contributed by atoms with Crippen LogP contribution in [0.4, 0.5) is 4.39 Å². The second-order valence-electron chi connectivity index (χ2n) is 5.15. The first-order chi connectivity index (χ1) is 11.4. The monoisotopic (exact) mass is 368 g/mol. The molecule has 0 spiro atoms. The fraction of sp³-hybridized carbons (Fsp3) is 0.176. The van der Waals surface area contributed by atoms with E-state index in [-0.39, 0.29) is 29.0 Å². The molecule has 2 rings (SSSR count). The van der Waals surface area contributed by atoms with Crippen LogP contribution in [0, 0.1) is 5.82 Å². The van der Waals surface area contributed by atoms with Gasteiger partial charge in [-0.3, -0.25) is 9.59 Å². The maximum absolute atomic E-state index is 13.2. The van der Waals surface area contributed by atoms with Gasteiger partial charge in [0.25, 0.3) is 5.91 Å². The van der Waals surface area contributed by atoms with Gasteiger partial charge in [0, 0.05) is 5.02 Å². The standard InChI is InChI=1S/C17H15Cl2FN2O2/c1-10(11-3-2-4-13(20)7-11)22-16(23)9-21-17(24)14-6-5-12(18)8-15(14)19/h2-8,10H,9H2,1H3,(H,21,24)(H,22,23). The van der Waals surface area contributed by atoms with Crippen LogP contribution in [0.5, 0.6) is 0 Å². The van der Waals surface area contributed by atoms with Crippen molar-refractivity contribution in [2.75, 3.05) is 6.54 Å². The lowest BCUT2D eigenvalue weighted by Crippen LogP contribution is -2.38. The fourth-order valence-corrected chi connectivity index (χ4v) is 2.58. The molecular formula is C17H15Cl2FN2O2. The van der Waals surface area contributed by atoms with Crippen molar-refractivity contribution in [3.8, 4) is 0 Å². The molecule has 1 atom stereocenters. The highest BCUT2D eigenvalue weighted by Crippen LogP contribution is 2.20. The molecule has 0 fully saturated rings. The minimum absolute atomic E-state index is 0.202. The summed E-state index contributed by atoms with van der Waals surface area (Å²) in [6.07, 6.45) is 0. The zero-order valence-electron chi connectivity index (χ0n) is 12.8. The van der Waals surface area contributed by atoms with E-state index >= 15 is 0 Å². The van der Waals surface area contributed by atoms with Gasteiger partial charge in [-0.2, -0.15) is 0 Å². The summed E-state index contributed by atoms with van der Waals surface area (Å²) in [4.78, 5) is 23.9. The van der Waals surface area contributed by atoms with Gasteiger partial charge in [0.15, 0.2) is 0 Å². The SMILES string of the molecule is CC(NC(=O)CNC(=O)c1ccc(Cl)cc1Cl)c1cccc(F)c1. The third-order valence-corrected chi connectivity index (χ3v) is 3.86. The summed E-state index contributed by atoms with van der Waals surface area (Å²) in [5, 5.41) is 5.77. The molecule has 0 aromatic heterocycles. The zero-order chi connectivity index (χ0) is 17.7. The van der Waals surface area contributed by atoms with Crippen molar-refractivity contribution in [2.24, 2.45) is 0 Å². The molecule has 0 aliphatic rings. The van der Waals surface area contributed by atoms with Gasteiger partial charge < -0.3 is 10.6 Å². The Bertz CT molecular complexity index is 768. The van der Waals surface area contributed by atoms with Crippen molar-refractivity contribution >= 4 is 35.0 Å². The summed E-state index contributed by atoms with van der Waals surface area (Å²) in [5.74, 6) is -1.25. The van der Waals surface area contributed by atoms with Crippen LogP contribution in [0.1, 0.15) is 28.9 Å². The Labute approximate surface area is 149 Å². The highest BCUT2D eigenvalue weighted by Gasteiger charge is 2.14. The Morgan fingerprint density at radius 1 is 1.17 bits per heavy atom. The first-order valence-corrected chi connectivity index (χ1v) is 7.90. The van der Waals surface area contributed by atoms with Crippen molar-refractivity contribution in [3.63, 3.8) is 0 Å². The number of carbonyl (C=O) groups is 2. The summed E-state index contributed by atoms with van der Waals surface area (Å²) in [7, 11) is 0. The summed E-state index contributed by atoms with van der Waals surface area (Å²) < 4.78 is 13.2. The van der Waals surface area contributed by atoms with E-state index in [1.165, 1.54) is 30.3 Å². The topological polar surface area (TPSA) is 58.2 Å². The van der Waals surface area contributed by atoms with Crippen molar-refractivity contribution in [1.82, 2.24) is 10.6 Å². The lowest BCUT2D eigenvalue weighted by molar-refractivity contribution is -0.120. The summed E-state index contributed by atoms with van der Waals surface area (Å²) in [6.45, 7) is 1.50. The van der Waals surface area contributed by atoms with Gasteiger partial charge in [0.2, 0.25) is 5.91 Å². The molecule has 126 valence electrons. The molecule has 0 aliphatic heterocycles. The molecule has 0 saturated heterocycles. The quantitative estimate of drug-likeness (QED) is 0.844. The van der Waals surface area contributed by atoms with Gasteiger partial charge in [-0.25, -0.2) is 4.39 Å². The predicted molar refractivity (Wildman–Crippen MR) is 91.8 cm³/mol. The highest BCUT2D eigenvalue weighted by molar-refractivity contribution is 6.36. The van der Waals surface area contributed by atoms with Crippen LogP contribution in [-0.4, -0.2) is 18.4 Å². The maximum atomic E-state index is 13.2. The number of halogens is 3. The molecule has 0 bridgehead atoms. The second kappa shape index (κ2) is 8.13. The number of hydrogen-bond acceptors (Lipinski definition) is 2. The molecule has 4 nitrogen and oxygen atoms in total. The summed E-state index contributed by atoms with van der Waals surface area (Å²) in [5.41, 5.74) is 0.863. The minimum atomic E-state index is -0.481. The molecule has 2 amide bonds. The number of carbonyl (C=O) groups excluding carboxylic acids is 2. The normalized spacial score (nSPS) is 11.7. The molecule has 7 heteroatoms. The van der Waals surface area contributed by atoms with Gasteiger partial charge >= 0.3 is 0 Å². The molecule has 2 N–H and O–H groups in total. The Morgan fingerprint density at radius 2 is 1.92 bits per heavy atom. The van der Waals surface area contributed by atoms with E-state index in [0.717, 1.165) is 0 Å². The molecule has 24 heavy (non-hydrogen) atoms. The van der Waals surface area contributed by atoms with Crippen molar-refractivity contribution in [2.45, 2.75) is 13.0 Å². The molecule has 2 aromatic carbocycles. The fourth-order valence-electron chi connectivity index (χ4n) is 2.08. The average Bonchev–Trinajstić information content (AvgIpc) is 2.52. The van der Waals surface area contributed by atoms with Gasteiger partial charge in [0.05, 0.1) is 23.2 Å². The van der Waals surface area contributed by atoms with Crippen molar-refractivity contribution in [1.29, 1.82) is 0 Å². The first-order valence-electron chi connectivity index (χ1n) is 7.15. The van der Waals surface area contributed by atoms with Crippen LogP contribution >= 0.6 is 23.2 Å². The second-order valence-corrected chi connectivity index (χ2v) is 5.99. The molecule has 1 unspecified atom stereocenters. The molecule has 2 aromatic rings. The smallest absolute Gasteiger partial charge is 0.253 e. The number of rotatable bonds is 5. The van der Waals surface area contributed by atoms with Crippen LogP contribution in [0.2, 0.25) is 10.0 Å². The molecule has 0 radical (unpaired) electrons. The van der Waals surface area contributed by atoms with E-state index in [4.69, 9.17) is 23.2 Å². The van der Waals surface area contributed by atoms with E-state index in [2.05, 4.69) is 10.6 Å². The van der Waals surface area contributed by atoms with E-state index in [1.807, 2.05) is 0 Å². The van der Waals surface area contributed by atoms with Crippen molar-refractivity contribution < 1.29 is 14.0 Å². The van der Waals surface area contributed by atoms with Gasteiger partial charge in [-0.1, -0.05) is 35.3 Å². The lowest BCUT2D eigenvalue weighted by Gasteiger charge is -2.15. The molecular weight excluding hydrogens is 354 g/mol. The average molecular weight is 369 g/mol. The molecule has 0 aliphatic carbocycles. The van der Waals surface area contributed by atoms with Crippen LogP contribution in [0.25, 0.3) is 0 Å². The largest absolute Gasteiger partial charge is 0.348 e. The Balaban J connectivity index is 1.89. The minimum Gasteiger partial charge on any atom is -0.348 e. The third-order valence-electron chi connectivity index (χ3n) is 3.31. The Hall–Kier alpha value is -2.11. The van der Waals surface area contributed by atoms with E-state index in [0.29, 0.717) is 10.6 Å². The van der Waals surface area contributed by atoms with E-state index in [1.54, 1.807) is 19.1 Å². The number of benzene rings is 2. The number of nitrogens with one attached hydrogen (secondary N) is 2. The third kappa shape index (κ3) is 4.94. The lowest BCUT2D eigenvalue weighted by atomic mass is 10.1. The Kier molecular flexibility index (Phi) is 6.17. The number of amides is 2. The molecule has 0 heterocycles. The number of hydrogen-bond donors (Lipinski definition) is 2. The van der Waals surface area contributed by atoms with Crippen LogP contribution < -0.4 is 10.6 Å². The molecule has 0 saturated carbocycles. The summed E-state index contributed by atoms with van der Waals surface area (Å²) >= 11 is 11.7. The van der Waals surface area contributed by atoms with Gasteiger partial charge in [-0.05, 0) is 42.8 Å². The Morgan fingerprint density at radius 3 is 2.58 bits per heavy atom. The zero-order valence-corrected chi connectivity index (χ0v) is 14.3. The van der Waals surface area contributed by atoms with Crippen LogP contribution in [-0.2, 0) is 4.79 Å². The highest BCUT2D eigenvalue weighted by atomic mass is 35.5. The van der Waals surface area contributed by atoms with E-state index in [9.17, 15) is 14.0 Å². The summed E-state index contributed by atoms with van der Waals surface area (Å²) in [6, 6.07) is 10.0.